The van der Waals surface area contributed by atoms with Crippen molar-refractivity contribution in [1.29, 1.82) is 0 Å². The maximum absolute atomic E-state index is 12.2. The fourth-order valence-corrected chi connectivity index (χ4v) is 2.51. The highest BCUT2D eigenvalue weighted by Gasteiger charge is 2.36. The molecule has 1 heterocycles. The largest absolute Gasteiger partial charge is 0.339 e. The van der Waals surface area contributed by atoms with Crippen molar-refractivity contribution in [3.63, 3.8) is 0 Å². The van der Waals surface area contributed by atoms with Crippen LogP contribution in [0.3, 0.4) is 0 Å². The summed E-state index contributed by atoms with van der Waals surface area (Å²) in [5, 5.41) is 0. The number of nitrogens with two attached hydrogens (primary N) is 1. The average Bonchev–Trinajstić information content (AvgIpc) is 2.68. The van der Waals surface area contributed by atoms with Gasteiger partial charge in [-0.3, -0.25) is 4.79 Å². The number of hydrogen-bond acceptors (Lipinski definition) is 3. The molecule has 100 valence electrons. The lowest BCUT2D eigenvalue weighted by molar-refractivity contribution is -0.132. The first-order valence-electron chi connectivity index (χ1n) is 6.59. The minimum Gasteiger partial charge on any atom is -0.339 e. The number of amides is 1. The van der Waals surface area contributed by atoms with Gasteiger partial charge in [-0.2, -0.15) is 0 Å². The molecule has 1 aliphatic rings. The van der Waals surface area contributed by atoms with Gasteiger partial charge in [-0.15, -0.1) is 0 Å². The topological polar surface area (TPSA) is 49.6 Å². The van der Waals surface area contributed by atoms with Crippen molar-refractivity contribution in [1.82, 2.24) is 9.80 Å². The van der Waals surface area contributed by atoms with Crippen LogP contribution in [0.1, 0.15) is 27.2 Å². The predicted octanol–water partition coefficient (Wildman–Crippen LogP) is 0.768. The van der Waals surface area contributed by atoms with Crippen LogP contribution >= 0.6 is 0 Å². The van der Waals surface area contributed by atoms with Gasteiger partial charge in [0.25, 0.3) is 0 Å². The monoisotopic (exact) mass is 241 g/mol. The van der Waals surface area contributed by atoms with Gasteiger partial charge in [-0.05, 0) is 25.9 Å². The van der Waals surface area contributed by atoms with E-state index in [9.17, 15) is 4.79 Å². The highest BCUT2D eigenvalue weighted by atomic mass is 16.2. The normalized spacial score (nSPS) is 28.5. The Labute approximate surface area is 105 Å². The fourth-order valence-electron chi connectivity index (χ4n) is 2.51. The van der Waals surface area contributed by atoms with Gasteiger partial charge in [-0.1, -0.05) is 27.2 Å². The fraction of sp³-hybridized carbons (Fsp3) is 0.923. The van der Waals surface area contributed by atoms with Crippen LogP contribution in [0.25, 0.3) is 0 Å². The predicted molar refractivity (Wildman–Crippen MR) is 70.6 cm³/mol. The third kappa shape index (κ3) is 3.19. The first-order chi connectivity index (χ1) is 7.88. The van der Waals surface area contributed by atoms with Crippen molar-refractivity contribution < 1.29 is 4.79 Å². The van der Waals surface area contributed by atoms with Crippen LogP contribution in [0.4, 0.5) is 0 Å². The Bertz CT molecular complexity index is 267. The zero-order valence-electron chi connectivity index (χ0n) is 11.8. The number of nitrogens with zero attached hydrogens (tertiary/aromatic N) is 2. The summed E-state index contributed by atoms with van der Waals surface area (Å²) in [7, 11) is 4.15. The Morgan fingerprint density at radius 3 is 2.47 bits per heavy atom. The maximum Gasteiger partial charge on any atom is 0.239 e. The van der Waals surface area contributed by atoms with E-state index in [0.29, 0.717) is 12.0 Å². The van der Waals surface area contributed by atoms with E-state index in [1.54, 1.807) is 0 Å². The minimum atomic E-state index is -0.340. The summed E-state index contributed by atoms with van der Waals surface area (Å²) in [5.41, 5.74) is 6.01. The molecule has 0 aromatic rings. The molecule has 0 saturated carbocycles. The van der Waals surface area contributed by atoms with Gasteiger partial charge >= 0.3 is 0 Å². The van der Waals surface area contributed by atoms with Gasteiger partial charge in [0.05, 0.1) is 6.04 Å². The lowest BCUT2D eigenvalue weighted by Crippen LogP contribution is -2.47. The van der Waals surface area contributed by atoms with Crippen LogP contribution in [0.2, 0.25) is 0 Å². The molecular weight excluding hydrogens is 214 g/mol. The van der Waals surface area contributed by atoms with Gasteiger partial charge in [0, 0.05) is 19.1 Å². The Balaban J connectivity index is 2.61. The zero-order valence-corrected chi connectivity index (χ0v) is 11.8. The Hall–Kier alpha value is -0.610. The molecule has 1 aliphatic heterocycles. The van der Waals surface area contributed by atoms with Gasteiger partial charge < -0.3 is 15.5 Å². The molecule has 0 bridgehead atoms. The quantitative estimate of drug-likeness (QED) is 0.791. The van der Waals surface area contributed by atoms with Crippen LogP contribution in [0.5, 0.6) is 0 Å². The molecule has 1 rings (SSSR count). The van der Waals surface area contributed by atoms with Gasteiger partial charge in [0.2, 0.25) is 5.91 Å². The maximum atomic E-state index is 12.2. The van der Waals surface area contributed by atoms with E-state index >= 15 is 0 Å². The first-order valence-corrected chi connectivity index (χ1v) is 6.59. The molecule has 17 heavy (non-hydrogen) atoms. The van der Waals surface area contributed by atoms with Crippen molar-refractivity contribution in [3.05, 3.63) is 0 Å². The number of carbonyl (C=O) groups is 1. The van der Waals surface area contributed by atoms with Gasteiger partial charge in [-0.25, -0.2) is 0 Å². The van der Waals surface area contributed by atoms with Crippen LogP contribution in [0.15, 0.2) is 0 Å². The van der Waals surface area contributed by atoms with E-state index in [1.165, 1.54) is 0 Å². The third-order valence-electron chi connectivity index (χ3n) is 4.09. The molecule has 4 heteroatoms. The Morgan fingerprint density at radius 1 is 1.47 bits per heavy atom. The Kier molecular flexibility index (Phi) is 4.95. The smallest absolute Gasteiger partial charge is 0.239 e. The van der Waals surface area contributed by atoms with Gasteiger partial charge in [0.1, 0.15) is 0 Å². The summed E-state index contributed by atoms with van der Waals surface area (Å²) in [6.07, 6.45) is 0.952. The van der Waals surface area contributed by atoms with E-state index in [1.807, 2.05) is 11.8 Å². The first kappa shape index (κ1) is 14.5. The van der Waals surface area contributed by atoms with Crippen molar-refractivity contribution in [2.75, 3.05) is 27.2 Å². The second kappa shape index (κ2) is 5.83. The van der Waals surface area contributed by atoms with E-state index in [-0.39, 0.29) is 17.9 Å². The molecule has 0 radical (unpaired) electrons. The molecule has 0 aliphatic carbocycles. The lowest BCUT2D eigenvalue weighted by atomic mass is 9.99. The van der Waals surface area contributed by atoms with E-state index in [2.05, 4.69) is 32.8 Å². The summed E-state index contributed by atoms with van der Waals surface area (Å²) in [6.45, 7) is 7.98. The summed E-state index contributed by atoms with van der Waals surface area (Å²) >= 11 is 0. The van der Waals surface area contributed by atoms with Crippen molar-refractivity contribution >= 4 is 5.91 Å². The minimum absolute atomic E-state index is 0.121. The molecule has 2 N–H and O–H groups in total. The molecule has 0 spiro atoms. The van der Waals surface area contributed by atoms with Gasteiger partial charge in [0.15, 0.2) is 0 Å². The molecule has 1 amide bonds. The molecule has 4 nitrogen and oxygen atoms in total. The number of likely N-dealkylation sites (tertiary alicyclic amines) is 1. The van der Waals surface area contributed by atoms with Crippen LogP contribution < -0.4 is 5.73 Å². The number of rotatable bonds is 4. The van der Waals surface area contributed by atoms with E-state index < -0.39 is 0 Å². The van der Waals surface area contributed by atoms with Crippen molar-refractivity contribution in [2.24, 2.45) is 17.6 Å². The number of carbonyl (C=O) groups excluding carboxylic acids is 1. The zero-order chi connectivity index (χ0) is 13.2. The summed E-state index contributed by atoms with van der Waals surface area (Å²) in [5.74, 6) is 0.907. The third-order valence-corrected chi connectivity index (χ3v) is 4.09. The van der Waals surface area contributed by atoms with E-state index in [4.69, 9.17) is 5.73 Å². The molecule has 4 unspecified atom stereocenters. The average molecular weight is 241 g/mol. The molecule has 4 atom stereocenters. The second-order valence-corrected chi connectivity index (χ2v) is 5.66. The highest BCUT2D eigenvalue weighted by molar-refractivity contribution is 5.82. The van der Waals surface area contributed by atoms with Crippen molar-refractivity contribution in [2.45, 2.75) is 39.3 Å². The standard InChI is InChI=1S/C13H27N3O/c1-6-9(2)12(14)13(17)16-7-10(3)11(8-16)15(4)5/h9-12H,6-8,14H2,1-5H3. The molecular formula is C13H27N3O. The highest BCUT2D eigenvalue weighted by Crippen LogP contribution is 2.21. The summed E-state index contributed by atoms with van der Waals surface area (Å²) in [4.78, 5) is 16.4. The lowest BCUT2D eigenvalue weighted by Gasteiger charge is -2.25. The molecule has 0 aromatic carbocycles. The molecule has 1 fully saturated rings. The van der Waals surface area contributed by atoms with Crippen molar-refractivity contribution in [3.8, 4) is 0 Å². The number of hydrogen-bond donors (Lipinski definition) is 1. The molecule has 1 saturated heterocycles. The van der Waals surface area contributed by atoms with Crippen LogP contribution in [-0.2, 0) is 4.79 Å². The number of likely N-dealkylation sites (N-methyl/N-ethyl adjacent to an activating group) is 1. The second-order valence-electron chi connectivity index (χ2n) is 5.66. The summed E-state index contributed by atoms with van der Waals surface area (Å²) < 4.78 is 0. The Morgan fingerprint density at radius 2 is 2.06 bits per heavy atom. The SMILES string of the molecule is CCC(C)C(N)C(=O)N1CC(C)C(N(C)C)C1. The molecule has 0 aromatic heterocycles. The summed E-state index contributed by atoms with van der Waals surface area (Å²) in [6, 6.07) is 0.121. The van der Waals surface area contributed by atoms with Crippen LogP contribution in [0, 0.1) is 11.8 Å². The van der Waals surface area contributed by atoms with Crippen LogP contribution in [-0.4, -0.2) is 55.0 Å². The van der Waals surface area contributed by atoms with E-state index in [0.717, 1.165) is 19.5 Å².